The maximum absolute atomic E-state index is 6.00. The number of rotatable bonds is 2. The van der Waals surface area contributed by atoms with Crippen LogP contribution in [0.25, 0.3) is 5.65 Å². The molecular weight excluding hydrogens is 280 g/mol. The van der Waals surface area contributed by atoms with Gasteiger partial charge in [-0.25, -0.2) is 4.98 Å². The fraction of sp³-hybridized carbons (Fsp3) is 0.312. The lowest BCUT2D eigenvalue weighted by molar-refractivity contribution is 0.623. The highest BCUT2D eigenvalue weighted by Crippen LogP contribution is 2.37. The average Bonchev–Trinajstić information content (AvgIpc) is 3.11. The molecule has 0 bridgehead atoms. The molecule has 0 aromatic carbocycles. The van der Waals surface area contributed by atoms with Crippen LogP contribution >= 0.6 is 11.3 Å². The van der Waals surface area contributed by atoms with E-state index in [1.807, 2.05) is 35.7 Å². The molecule has 0 amide bonds. The van der Waals surface area contributed by atoms with Crippen LogP contribution in [-0.4, -0.2) is 15.9 Å². The summed E-state index contributed by atoms with van der Waals surface area (Å²) in [4.78, 5) is 8.73. The molecule has 0 saturated heterocycles. The Morgan fingerprint density at radius 1 is 1.38 bits per heavy atom. The monoisotopic (exact) mass is 298 g/mol. The predicted molar refractivity (Wildman–Crippen MR) is 86.9 cm³/mol. The Bertz CT molecular complexity index is 789. The van der Waals surface area contributed by atoms with Crippen LogP contribution in [0.5, 0.6) is 0 Å². The molecule has 1 aliphatic heterocycles. The van der Waals surface area contributed by atoms with Crippen LogP contribution in [0, 0.1) is 0 Å². The van der Waals surface area contributed by atoms with Crippen LogP contribution in [0.4, 0.5) is 5.82 Å². The Labute approximate surface area is 127 Å². The molecule has 108 valence electrons. The highest BCUT2D eigenvalue weighted by molar-refractivity contribution is 7.10. The molecule has 1 aliphatic rings. The largest absolute Gasteiger partial charge is 0.348 e. The van der Waals surface area contributed by atoms with Crippen molar-refractivity contribution in [1.29, 1.82) is 0 Å². The fourth-order valence-corrected chi connectivity index (χ4v) is 4.22. The van der Waals surface area contributed by atoms with Gasteiger partial charge in [-0.2, -0.15) is 0 Å². The van der Waals surface area contributed by atoms with Gasteiger partial charge in [-0.1, -0.05) is 6.07 Å². The molecule has 4 rings (SSSR count). The van der Waals surface area contributed by atoms with Gasteiger partial charge in [0.15, 0.2) is 5.82 Å². The van der Waals surface area contributed by atoms with E-state index in [0.717, 1.165) is 30.1 Å². The van der Waals surface area contributed by atoms with Crippen molar-refractivity contribution in [3.05, 3.63) is 52.0 Å². The molecule has 3 aromatic heterocycles. The molecule has 1 unspecified atom stereocenters. The van der Waals surface area contributed by atoms with Gasteiger partial charge < -0.3 is 15.0 Å². The molecule has 4 heterocycles. The first-order valence-electron chi connectivity index (χ1n) is 7.28. The summed E-state index contributed by atoms with van der Waals surface area (Å²) in [6.45, 7) is 3.76. The molecule has 1 atom stereocenters. The second kappa shape index (κ2) is 4.86. The standard InChI is InChI=1S/C16H18N4S/c1-11-12-6-9-21-14(12)5-8-19(11)16-13(10-17)20-7-3-2-4-15(20)18-16/h2-4,6-7,9,11H,5,8,10,17H2,1H3. The first-order valence-corrected chi connectivity index (χ1v) is 8.16. The molecule has 0 saturated carbocycles. The van der Waals surface area contributed by atoms with Gasteiger partial charge in [0, 0.05) is 24.2 Å². The van der Waals surface area contributed by atoms with E-state index in [1.54, 1.807) is 0 Å². The lowest BCUT2D eigenvalue weighted by Gasteiger charge is -2.34. The van der Waals surface area contributed by atoms with E-state index in [2.05, 4.69) is 27.7 Å². The van der Waals surface area contributed by atoms with E-state index in [0.29, 0.717) is 12.6 Å². The molecule has 0 spiro atoms. The van der Waals surface area contributed by atoms with Crippen LogP contribution in [0.3, 0.4) is 0 Å². The van der Waals surface area contributed by atoms with Gasteiger partial charge in [0.2, 0.25) is 0 Å². The van der Waals surface area contributed by atoms with Gasteiger partial charge in [-0.3, -0.25) is 0 Å². The summed E-state index contributed by atoms with van der Waals surface area (Å²) in [5.74, 6) is 1.04. The first-order chi connectivity index (χ1) is 10.3. The molecule has 4 nitrogen and oxygen atoms in total. The zero-order valence-electron chi connectivity index (χ0n) is 12.0. The van der Waals surface area contributed by atoms with Gasteiger partial charge >= 0.3 is 0 Å². The maximum Gasteiger partial charge on any atom is 0.153 e. The van der Waals surface area contributed by atoms with Gasteiger partial charge in [-0.15, -0.1) is 11.3 Å². The van der Waals surface area contributed by atoms with Crippen LogP contribution in [0.1, 0.15) is 29.1 Å². The normalized spacial score (nSPS) is 18.2. The summed E-state index contributed by atoms with van der Waals surface area (Å²) in [6, 6.07) is 8.68. The average molecular weight is 298 g/mol. The van der Waals surface area contributed by atoms with Crippen molar-refractivity contribution in [2.24, 2.45) is 5.73 Å². The SMILES string of the molecule is CC1c2ccsc2CCN1c1nc2ccccn2c1CN. The van der Waals surface area contributed by atoms with E-state index >= 15 is 0 Å². The molecular formula is C16H18N4S. The number of fused-ring (bicyclic) bond motifs is 2. The molecule has 21 heavy (non-hydrogen) atoms. The Hall–Kier alpha value is -1.85. The third-order valence-electron chi connectivity index (χ3n) is 4.35. The van der Waals surface area contributed by atoms with E-state index in [-0.39, 0.29) is 0 Å². The lowest BCUT2D eigenvalue weighted by atomic mass is 10.0. The van der Waals surface area contributed by atoms with Crippen molar-refractivity contribution in [2.45, 2.75) is 25.9 Å². The van der Waals surface area contributed by atoms with E-state index in [9.17, 15) is 0 Å². The van der Waals surface area contributed by atoms with E-state index in [4.69, 9.17) is 10.7 Å². The Morgan fingerprint density at radius 3 is 3.14 bits per heavy atom. The number of aromatic nitrogens is 2. The van der Waals surface area contributed by atoms with Crippen LogP contribution in [0.2, 0.25) is 0 Å². The number of nitrogens with two attached hydrogens (primary N) is 1. The van der Waals surface area contributed by atoms with Crippen molar-refractivity contribution < 1.29 is 0 Å². The summed E-state index contributed by atoms with van der Waals surface area (Å²) in [7, 11) is 0. The summed E-state index contributed by atoms with van der Waals surface area (Å²) in [5, 5.41) is 2.19. The quantitative estimate of drug-likeness (QED) is 0.791. The molecule has 0 fully saturated rings. The zero-order valence-corrected chi connectivity index (χ0v) is 12.8. The number of nitrogens with zero attached hydrogens (tertiary/aromatic N) is 3. The van der Waals surface area contributed by atoms with E-state index in [1.165, 1.54) is 10.4 Å². The minimum atomic E-state index is 0.357. The van der Waals surface area contributed by atoms with Crippen molar-refractivity contribution in [1.82, 2.24) is 9.38 Å². The number of hydrogen-bond acceptors (Lipinski definition) is 4. The number of pyridine rings is 1. The first kappa shape index (κ1) is 12.9. The van der Waals surface area contributed by atoms with Gasteiger partial charge in [-0.05, 0) is 42.5 Å². The number of thiophene rings is 1. The Kier molecular flexibility index (Phi) is 2.97. The Balaban J connectivity index is 1.84. The lowest BCUT2D eigenvalue weighted by Crippen LogP contribution is -2.34. The molecule has 2 N–H and O–H groups in total. The minimum absolute atomic E-state index is 0.357. The molecule has 3 aromatic rings. The van der Waals surface area contributed by atoms with Gasteiger partial charge in [0.05, 0.1) is 11.7 Å². The van der Waals surface area contributed by atoms with Crippen molar-refractivity contribution >= 4 is 22.8 Å². The van der Waals surface area contributed by atoms with Crippen LogP contribution < -0.4 is 10.6 Å². The summed E-state index contributed by atoms with van der Waals surface area (Å²) < 4.78 is 2.10. The Morgan fingerprint density at radius 2 is 2.29 bits per heavy atom. The zero-order chi connectivity index (χ0) is 14.4. The third kappa shape index (κ3) is 1.88. The van der Waals surface area contributed by atoms with Gasteiger partial charge in [0.25, 0.3) is 0 Å². The number of hydrogen-bond donors (Lipinski definition) is 1. The maximum atomic E-state index is 6.00. The van der Waals surface area contributed by atoms with Crippen LogP contribution in [-0.2, 0) is 13.0 Å². The molecule has 0 radical (unpaired) electrons. The van der Waals surface area contributed by atoms with E-state index < -0.39 is 0 Å². The van der Waals surface area contributed by atoms with Crippen LogP contribution in [0.15, 0.2) is 35.8 Å². The number of anilines is 1. The molecule has 5 heteroatoms. The van der Waals surface area contributed by atoms with Crippen molar-refractivity contribution in [3.8, 4) is 0 Å². The van der Waals surface area contributed by atoms with Crippen molar-refractivity contribution in [2.75, 3.05) is 11.4 Å². The number of imidazole rings is 1. The summed E-state index contributed by atoms with van der Waals surface area (Å²) in [6.07, 6.45) is 3.13. The predicted octanol–water partition coefficient (Wildman–Crippen LogP) is 2.98. The highest BCUT2D eigenvalue weighted by Gasteiger charge is 2.28. The summed E-state index contributed by atoms with van der Waals surface area (Å²) >= 11 is 1.86. The third-order valence-corrected chi connectivity index (χ3v) is 5.35. The second-order valence-electron chi connectivity index (χ2n) is 5.43. The summed E-state index contributed by atoms with van der Waals surface area (Å²) in [5.41, 5.74) is 9.50. The second-order valence-corrected chi connectivity index (χ2v) is 6.43. The smallest absolute Gasteiger partial charge is 0.153 e. The van der Waals surface area contributed by atoms with Crippen molar-refractivity contribution in [3.63, 3.8) is 0 Å². The topological polar surface area (TPSA) is 46.6 Å². The van der Waals surface area contributed by atoms with Gasteiger partial charge in [0.1, 0.15) is 5.65 Å². The minimum Gasteiger partial charge on any atom is -0.348 e. The molecule has 0 aliphatic carbocycles. The fourth-order valence-electron chi connectivity index (χ4n) is 3.25. The highest BCUT2D eigenvalue weighted by atomic mass is 32.1.